The van der Waals surface area contributed by atoms with Crippen LogP contribution in [0.2, 0.25) is 0 Å². The minimum atomic E-state index is -0.905. The molecule has 220 valence electrons. The Labute approximate surface area is 234 Å². The van der Waals surface area contributed by atoms with E-state index in [0.29, 0.717) is 5.56 Å². The van der Waals surface area contributed by atoms with E-state index in [0.717, 1.165) is 17.6 Å². The zero-order valence-electron chi connectivity index (χ0n) is 24.6. The summed E-state index contributed by atoms with van der Waals surface area (Å²) in [6, 6.07) is 7.69. The third-order valence-electron chi connectivity index (χ3n) is 7.03. The maximum absolute atomic E-state index is 12.3. The molecule has 2 fully saturated rings. The van der Waals surface area contributed by atoms with Gasteiger partial charge < -0.3 is 25.2 Å². The molecule has 0 bridgehead atoms. The summed E-state index contributed by atoms with van der Waals surface area (Å²) in [4.78, 5) is 34.9. The van der Waals surface area contributed by atoms with Gasteiger partial charge in [-0.1, -0.05) is 76.6 Å². The SMILES string of the molecule is C1CCC(NC2CCCCC2)CC1.CC(C)[C@H](NC(=O)OC(C)(C)C)C(=O)OCc1ccc(CC(=O)O)cc1. The van der Waals surface area contributed by atoms with Gasteiger partial charge in [-0.05, 0) is 63.5 Å². The van der Waals surface area contributed by atoms with Crippen LogP contribution in [0.3, 0.4) is 0 Å². The van der Waals surface area contributed by atoms with Crippen LogP contribution in [-0.2, 0) is 32.1 Å². The van der Waals surface area contributed by atoms with E-state index >= 15 is 0 Å². The fraction of sp³-hybridized carbons (Fsp3) is 0.710. The Morgan fingerprint density at radius 2 is 1.36 bits per heavy atom. The quantitative estimate of drug-likeness (QED) is 0.318. The molecule has 2 saturated carbocycles. The molecule has 0 aliphatic heterocycles. The number of hydrogen-bond donors (Lipinski definition) is 3. The largest absolute Gasteiger partial charge is 0.481 e. The van der Waals surface area contributed by atoms with E-state index in [2.05, 4.69) is 10.6 Å². The van der Waals surface area contributed by atoms with Gasteiger partial charge in [0.1, 0.15) is 18.2 Å². The highest BCUT2D eigenvalue weighted by atomic mass is 16.6. The van der Waals surface area contributed by atoms with Gasteiger partial charge in [0.15, 0.2) is 0 Å². The molecule has 1 amide bonds. The van der Waals surface area contributed by atoms with E-state index in [9.17, 15) is 14.4 Å². The fourth-order valence-electron chi connectivity index (χ4n) is 4.98. The van der Waals surface area contributed by atoms with Gasteiger partial charge in [-0.25, -0.2) is 9.59 Å². The third kappa shape index (κ3) is 13.8. The second-order valence-corrected chi connectivity index (χ2v) is 12.2. The number of rotatable bonds is 9. The van der Waals surface area contributed by atoms with Crippen molar-refractivity contribution in [3.8, 4) is 0 Å². The monoisotopic (exact) mass is 546 g/mol. The molecule has 3 N–H and O–H groups in total. The second-order valence-electron chi connectivity index (χ2n) is 12.2. The van der Waals surface area contributed by atoms with Gasteiger partial charge in [-0.3, -0.25) is 4.79 Å². The summed E-state index contributed by atoms with van der Waals surface area (Å²) in [6.45, 7) is 8.84. The molecule has 2 aliphatic rings. The molecule has 0 heterocycles. The van der Waals surface area contributed by atoms with Gasteiger partial charge >= 0.3 is 18.0 Å². The Morgan fingerprint density at radius 1 is 0.872 bits per heavy atom. The van der Waals surface area contributed by atoms with Crippen LogP contribution in [0.25, 0.3) is 0 Å². The van der Waals surface area contributed by atoms with E-state index in [4.69, 9.17) is 14.6 Å². The number of esters is 1. The Kier molecular flexibility index (Phi) is 13.8. The fourth-order valence-corrected chi connectivity index (χ4v) is 4.98. The third-order valence-corrected chi connectivity index (χ3v) is 7.03. The summed E-state index contributed by atoms with van der Waals surface area (Å²) in [5.41, 5.74) is 0.735. The molecule has 8 nitrogen and oxygen atoms in total. The van der Waals surface area contributed by atoms with Crippen LogP contribution in [0.5, 0.6) is 0 Å². The van der Waals surface area contributed by atoms with Crippen molar-refractivity contribution in [1.82, 2.24) is 10.6 Å². The Hall–Kier alpha value is -2.61. The number of alkyl carbamates (subject to hydrolysis) is 1. The summed E-state index contributed by atoms with van der Waals surface area (Å²) < 4.78 is 10.4. The van der Waals surface area contributed by atoms with E-state index in [1.165, 1.54) is 64.2 Å². The molecule has 0 unspecified atom stereocenters. The van der Waals surface area contributed by atoms with Gasteiger partial charge in [0, 0.05) is 12.1 Å². The van der Waals surface area contributed by atoms with Crippen LogP contribution in [0.15, 0.2) is 24.3 Å². The van der Waals surface area contributed by atoms with Crippen molar-refractivity contribution >= 4 is 18.0 Å². The van der Waals surface area contributed by atoms with Crippen LogP contribution >= 0.6 is 0 Å². The number of hydrogen-bond acceptors (Lipinski definition) is 6. The Balaban J connectivity index is 0.000000338. The first-order chi connectivity index (χ1) is 18.4. The van der Waals surface area contributed by atoms with Crippen molar-refractivity contribution in [2.24, 2.45) is 5.92 Å². The average Bonchev–Trinajstić information content (AvgIpc) is 2.87. The normalized spacial score (nSPS) is 17.5. The average molecular weight is 547 g/mol. The number of aliphatic carboxylic acids is 1. The number of amides is 1. The number of carboxylic acid groups (broad SMARTS) is 1. The number of carbonyl (C=O) groups excluding carboxylic acids is 2. The molecule has 1 aromatic rings. The molecule has 8 heteroatoms. The summed E-state index contributed by atoms with van der Waals surface area (Å²) >= 11 is 0. The highest BCUT2D eigenvalue weighted by Crippen LogP contribution is 2.22. The summed E-state index contributed by atoms with van der Waals surface area (Å²) in [7, 11) is 0. The number of ether oxygens (including phenoxy) is 2. The van der Waals surface area contributed by atoms with Crippen LogP contribution in [0.1, 0.15) is 110 Å². The van der Waals surface area contributed by atoms with Gasteiger partial charge in [-0.2, -0.15) is 0 Å². The van der Waals surface area contributed by atoms with Gasteiger partial charge in [0.05, 0.1) is 6.42 Å². The number of carbonyl (C=O) groups is 3. The summed E-state index contributed by atoms with van der Waals surface area (Å²) in [5, 5.41) is 15.2. The molecular weight excluding hydrogens is 496 g/mol. The van der Waals surface area contributed by atoms with Crippen LogP contribution in [-0.4, -0.2) is 46.9 Å². The highest BCUT2D eigenvalue weighted by molar-refractivity contribution is 5.81. The molecule has 3 rings (SSSR count). The number of nitrogens with one attached hydrogen (secondary N) is 2. The number of benzene rings is 1. The molecule has 2 aliphatic carbocycles. The predicted molar refractivity (Wildman–Crippen MR) is 152 cm³/mol. The highest BCUT2D eigenvalue weighted by Gasteiger charge is 2.28. The smallest absolute Gasteiger partial charge is 0.408 e. The van der Waals surface area contributed by atoms with Crippen molar-refractivity contribution < 1.29 is 29.0 Å². The molecule has 0 aromatic heterocycles. The molecule has 0 radical (unpaired) electrons. The maximum atomic E-state index is 12.3. The van der Waals surface area contributed by atoms with Gasteiger partial charge in [0.25, 0.3) is 0 Å². The topological polar surface area (TPSA) is 114 Å². The lowest BCUT2D eigenvalue weighted by molar-refractivity contribution is -0.148. The zero-order valence-corrected chi connectivity index (χ0v) is 24.6. The molecular formula is C31H50N2O6. The zero-order chi connectivity index (χ0) is 28.8. The van der Waals surface area contributed by atoms with Crippen molar-refractivity contribution in [3.63, 3.8) is 0 Å². The summed E-state index contributed by atoms with van der Waals surface area (Å²) in [6.07, 6.45) is 13.8. The second kappa shape index (κ2) is 16.5. The lowest BCUT2D eigenvalue weighted by Crippen LogP contribution is -2.47. The molecule has 0 saturated heterocycles. The molecule has 39 heavy (non-hydrogen) atoms. The minimum absolute atomic E-state index is 0.0331. The van der Waals surface area contributed by atoms with Gasteiger partial charge in [0.2, 0.25) is 0 Å². The first-order valence-corrected chi connectivity index (χ1v) is 14.6. The standard InChI is InChI=1S/C19H27NO6.C12H23N/c1-12(2)16(20-18(24)26-19(3,4)5)17(23)25-11-14-8-6-13(7-9-14)10-15(21)22;1-3-7-11(8-4-1)13-12-9-5-2-6-10-12/h6-9,12,16H,10-11H2,1-5H3,(H,20,24)(H,21,22);11-13H,1-10H2/t16-;/m0./s1. The van der Waals surface area contributed by atoms with Crippen molar-refractivity contribution in [2.75, 3.05) is 0 Å². The molecule has 1 aromatic carbocycles. The van der Waals surface area contributed by atoms with Crippen molar-refractivity contribution in [1.29, 1.82) is 0 Å². The first-order valence-electron chi connectivity index (χ1n) is 14.6. The Morgan fingerprint density at radius 3 is 1.79 bits per heavy atom. The lowest BCUT2D eigenvalue weighted by atomic mass is 9.91. The maximum Gasteiger partial charge on any atom is 0.408 e. The van der Waals surface area contributed by atoms with Crippen LogP contribution in [0, 0.1) is 5.92 Å². The van der Waals surface area contributed by atoms with Crippen molar-refractivity contribution in [3.05, 3.63) is 35.4 Å². The number of carboxylic acids is 1. The predicted octanol–water partition coefficient (Wildman–Crippen LogP) is 6.15. The van der Waals surface area contributed by atoms with E-state index in [-0.39, 0.29) is 18.9 Å². The lowest BCUT2D eigenvalue weighted by Gasteiger charge is -2.30. The molecule has 1 atom stereocenters. The minimum Gasteiger partial charge on any atom is -0.481 e. The first kappa shape index (κ1) is 32.6. The van der Waals surface area contributed by atoms with Crippen LogP contribution < -0.4 is 10.6 Å². The Bertz CT molecular complexity index is 865. The van der Waals surface area contributed by atoms with Gasteiger partial charge in [-0.15, -0.1) is 0 Å². The van der Waals surface area contributed by atoms with E-state index < -0.39 is 29.7 Å². The summed E-state index contributed by atoms with van der Waals surface area (Å²) in [5.74, 6) is -1.63. The van der Waals surface area contributed by atoms with E-state index in [1.807, 2.05) is 0 Å². The van der Waals surface area contributed by atoms with Crippen LogP contribution in [0.4, 0.5) is 4.79 Å². The van der Waals surface area contributed by atoms with Crippen molar-refractivity contribution in [2.45, 2.75) is 136 Å². The van der Waals surface area contributed by atoms with E-state index in [1.54, 1.807) is 58.9 Å². The molecule has 0 spiro atoms.